The summed E-state index contributed by atoms with van der Waals surface area (Å²) in [7, 11) is 0. The molecule has 0 saturated carbocycles. The molecule has 0 saturated heterocycles. The van der Waals surface area contributed by atoms with E-state index in [9.17, 15) is 14.9 Å². The zero-order valence-corrected chi connectivity index (χ0v) is 6.43. The summed E-state index contributed by atoms with van der Waals surface area (Å²) in [6, 6.07) is -1.35. The van der Waals surface area contributed by atoms with Crippen molar-refractivity contribution in [3.05, 3.63) is 34.0 Å². The second kappa shape index (κ2) is 2.51. The quantitative estimate of drug-likeness (QED) is 0.462. The van der Waals surface area contributed by atoms with Crippen LogP contribution < -0.4 is 5.32 Å². The Morgan fingerprint density at radius 3 is 3.08 bits per heavy atom. The Bertz CT molecular complexity index is 380. The predicted molar refractivity (Wildman–Crippen MR) is 44.0 cm³/mol. The van der Waals surface area contributed by atoms with Crippen LogP contribution in [0.1, 0.15) is 0 Å². The third-order valence-electron chi connectivity index (χ3n) is 1.77. The molecular weight excluding hydrogens is 174 g/mol. The van der Waals surface area contributed by atoms with Crippen molar-refractivity contribution in [2.45, 2.75) is 6.04 Å². The Morgan fingerprint density at radius 1 is 1.62 bits per heavy atom. The molecule has 0 aromatic rings. The fraction of sp³-hybridized carbons (Fsp3) is 0.143. The zero-order chi connectivity index (χ0) is 9.42. The SMILES string of the molecule is O=C1N=C2C=CC([N+](=O)[O-])C=C2N1. The smallest absolute Gasteiger partial charge is 0.304 e. The van der Waals surface area contributed by atoms with Crippen LogP contribution in [-0.2, 0) is 0 Å². The summed E-state index contributed by atoms with van der Waals surface area (Å²) >= 11 is 0. The van der Waals surface area contributed by atoms with Gasteiger partial charge in [-0.2, -0.15) is 4.99 Å². The van der Waals surface area contributed by atoms with Crippen molar-refractivity contribution < 1.29 is 9.72 Å². The Hall–Kier alpha value is -1.98. The van der Waals surface area contributed by atoms with Gasteiger partial charge in [-0.05, 0) is 12.2 Å². The van der Waals surface area contributed by atoms with E-state index in [1.165, 1.54) is 18.2 Å². The third kappa shape index (κ3) is 1.22. The molecule has 6 nitrogen and oxygen atoms in total. The number of urea groups is 1. The third-order valence-corrected chi connectivity index (χ3v) is 1.77. The molecule has 2 amide bonds. The van der Waals surface area contributed by atoms with Gasteiger partial charge < -0.3 is 5.32 Å². The van der Waals surface area contributed by atoms with E-state index in [1.54, 1.807) is 0 Å². The number of fused-ring (bicyclic) bond motifs is 1. The van der Waals surface area contributed by atoms with Crippen molar-refractivity contribution in [2.24, 2.45) is 4.99 Å². The number of nitrogens with zero attached hydrogens (tertiary/aromatic N) is 2. The zero-order valence-electron chi connectivity index (χ0n) is 6.43. The molecule has 1 N–H and O–H groups in total. The molecule has 6 heteroatoms. The molecule has 0 bridgehead atoms. The second-order valence-corrected chi connectivity index (χ2v) is 2.64. The summed E-state index contributed by atoms with van der Waals surface area (Å²) in [5, 5.41) is 12.8. The van der Waals surface area contributed by atoms with Gasteiger partial charge >= 0.3 is 6.03 Å². The maximum Gasteiger partial charge on any atom is 0.346 e. The Morgan fingerprint density at radius 2 is 2.38 bits per heavy atom. The highest BCUT2D eigenvalue weighted by molar-refractivity contribution is 6.18. The average molecular weight is 179 g/mol. The van der Waals surface area contributed by atoms with E-state index in [0.29, 0.717) is 11.4 Å². The summed E-state index contributed by atoms with van der Waals surface area (Å²) in [6.07, 6.45) is 4.23. The molecule has 1 unspecified atom stereocenters. The maximum atomic E-state index is 10.7. The molecule has 0 spiro atoms. The normalized spacial score (nSPS) is 24.6. The monoisotopic (exact) mass is 179 g/mol. The minimum absolute atomic E-state index is 0.425. The van der Waals surface area contributed by atoms with E-state index in [0.717, 1.165) is 0 Å². The van der Waals surface area contributed by atoms with Crippen LogP contribution in [0.2, 0.25) is 0 Å². The lowest BCUT2D eigenvalue weighted by Gasteiger charge is -2.06. The fourth-order valence-corrected chi connectivity index (χ4v) is 1.18. The van der Waals surface area contributed by atoms with Crippen LogP contribution in [0.5, 0.6) is 0 Å². The van der Waals surface area contributed by atoms with Crippen molar-refractivity contribution >= 4 is 11.7 Å². The number of nitro groups is 1. The maximum absolute atomic E-state index is 10.7. The number of hydrogen-bond donors (Lipinski definition) is 1. The van der Waals surface area contributed by atoms with Crippen LogP contribution in [0.4, 0.5) is 4.79 Å². The molecule has 2 rings (SSSR count). The molecule has 1 aliphatic carbocycles. The molecule has 0 aromatic heterocycles. The molecule has 0 fully saturated rings. The predicted octanol–water partition coefficient (Wildman–Crippen LogP) is 0.250. The summed E-state index contributed by atoms with van der Waals surface area (Å²) in [4.78, 5) is 24.3. The molecule has 1 aliphatic heterocycles. The van der Waals surface area contributed by atoms with E-state index in [-0.39, 0.29) is 0 Å². The molecule has 13 heavy (non-hydrogen) atoms. The van der Waals surface area contributed by atoms with Gasteiger partial charge in [-0.25, -0.2) is 4.79 Å². The number of allylic oxidation sites excluding steroid dienone is 1. The molecular formula is C7H5N3O3. The van der Waals surface area contributed by atoms with Crippen LogP contribution in [0, 0.1) is 10.1 Å². The number of amides is 2. The standard InChI is InChI=1S/C7H5N3O3/c11-7-8-5-2-1-4(10(12)13)3-6(5)9-7/h1-4H,(H,9,11). The first-order valence-corrected chi connectivity index (χ1v) is 3.60. The largest absolute Gasteiger partial charge is 0.346 e. The first kappa shape index (κ1) is 7.66. The number of carbonyl (C=O) groups excluding carboxylic acids is 1. The number of aliphatic imine (C=N–C) groups is 1. The number of carbonyl (C=O) groups is 1. The van der Waals surface area contributed by atoms with Gasteiger partial charge in [0.25, 0.3) is 6.04 Å². The molecule has 0 aromatic carbocycles. The molecule has 2 aliphatic rings. The first-order chi connectivity index (χ1) is 6.16. The van der Waals surface area contributed by atoms with E-state index in [4.69, 9.17) is 0 Å². The highest BCUT2D eigenvalue weighted by Gasteiger charge is 2.26. The van der Waals surface area contributed by atoms with E-state index in [1.807, 2.05) is 0 Å². The number of nitrogens with one attached hydrogen (secondary N) is 1. The lowest BCUT2D eigenvalue weighted by molar-refractivity contribution is -0.496. The van der Waals surface area contributed by atoms with Crippen molar-refractivity contribution in [3.63, 3.8) is 0 Å². The van der Waals surface area contributed by atoms with Gasteiger partial charge in [-0.1, -0.05) is 0 Å². The van der Waals surface area contributed by atoms with Gasteiger partial charge in [0.1, 0.15) is 0 Å². The van der Waals surface area contributed by atoms with E-state index >= 15 is 0 Å². The number of hydrogen-bond acceptors (Lipinski definition) is 3. The Balaban J connectivity index is 2.32. The highest BCUT2D eigenvalue weighted by atomic mass is 16.6. The van der Waals surface area contributed by atoms with Gasteiger partial charge in [0.15, 0.2) is 0 Å². The molecule has 1 atom stereocenters. The highest BCUT2D eigenvalue weighted by Crippen LogP contribution is 2.13. The van der Waals surface area contributed by atoms with Crippen LogP contribution in [0.3, 0.4) is 0 Å². The lowest BCUT2D eigenvalue weighted by Crippen LogP contribution is -2.23. The van der Waals surface area contributed by atoms with Crippen LogP contribution in [0.25, 0.3) is 0 Å². The fourth-order valence-electron chi connectivity index (χ4n) is 1.18. The van der Waals surface area contributed by atoms with E-state index in [2.05, 4.69) is 10.3 Å². The Labute approximate surface area is 72.8 Å². The summed E-state index contributed by atoms with van der Waals surface area (Å²) in [6.45, 7) is 0. The van der Waals surface area contributed by atoms with Crippen molar-refractivity contribution in [1.82, 2.24) is 5.32 Å². The van der Waals surface area contributed by atoms with Gasteiger partial charge in [0, 0.05) is 11.0 Å². The van der Waals surface area contributed by atoms with Crippen molar-refractivity contribution in [1.29, 1.82) is 0 Å². The van der Waals surface area contributed by atoms with Crippen molar-refractivity contribution in [2.75, 3.05) is 0 Å². The summed E-state index contributed by atoms with van der Waals surface area (Å²) in [5.41, 5.74) is 0.886. The molecule has 1 heterocycles. The van der Waals surface area contributed by atoms with Gasteiger partial charge in [-0.15, -0.1) is 0 Å². The lowest BCUT2D eigenvalue weighted by atomic mass is 10.1. The molecule has 66 valence electrons. The second-order valence-electron chi connectivity index (χ2n) is 2.64. The minimum atomic E-state index is -0.868. The summed E-state index contributed by atoms with van der Waals surface area (Å²) in [5.74, 6) is 0. The van der Waals surface area contributed by atoms with Gasteiger partial charge in [-0.3, -0.25) is 10.1 Å². The molecule has 0 radical (unpaired) electrons. The topological polar surface area (TPSA) is 84.6 Å². The van der Waals surface area contributed by atoms with E-state index < -0.39 is 17.0 Å². The van der Waals surface area contributed by atoms with Crippen molar-refractivity contribution in [3.8, 4) is 0 Å². The summed E-state index contributed by atoms with van der Waals surface area (Å²) < 4.78 is 0. The average Bonchev–Trinajstić information content (AvgIpc) is 2.42. The first-order valence-electron chi connectivity index (χ1n) is 3.60. The number of rotatable bonds is 1. The minimum Gasteiger partial charge on any atom is -0.304 e. The van der Waals surface area contributed by atoms with Crippen LogP contribution in [0.15, 0.2) is 28.9 Å². The van der Waals surface area contributed by atoms with Gasteiger partial charge in [0.05, 0.1) is 11.4 Å². The Kier molecular flexibility index (Phi) is 1.48. The van der Waals surface area contributed by atoms with Crippen LogP contribution >= 0.6 is 0 Å². The van der Waals surface area contributed by atoms with Gasteiger partial charge in [0.2, 0.25) is 0 Å². The van der Waals surface area contributed by atoms with Crippen LogP contribution in [-0.4, -0.2) is 22.7 Å².